The van der Waals surface area contributed by atoms with Gasteiger partial charge in [0, 0.05) is 27.7 Å². The van der Waals surface area contributed by atoms with E-state index >= 15 is 0 Å². The Kier molecular flexibility index (Phi) is 7.75. The number of fused-ring (bicyclic) bond motifs is 6. The van der Waals surface area contributed by atoms with Crippen LogP contribution in [-0.4, -0.2) is 0 Å². The molecule has 0 unspecified atom stereocenters. The highest BCUT2D eigenvalue weighted by atomic mass is 16.3. The van der Waals surface area contributed by atoms with Crippen LogP contribution < -0.4 is 4.90 Å². The Labute approximate surface area is 332 Å². The van der Waals surface area contributed by atoms with Gasteiger partial charge in [0.1, 0.15) is 11.2 Å². The molecule has 0 radical (unpaired) electrons. The van der Waals surface area contributed by atoms with Crippen LogP contribution in [0.25, 0.3) is 55.3 Å². The van der Waals surface area contributed by atoms with Crippen molar-refractivity contribution in [2.24, 2.45) is 0 Å². The van der Waals surface area contributed by atoms with Crippen molar-refractivity contribution in [2.45, 2.75) is 5.41 Å². The summed E-state index contributed by atoms with van der Waals surface area (Å²) in [7, 11) is 0. The quantitative estimate of drug-likeness (QED) is 0.163. The van der Waals surface area contributed by atoms with Gasteiger partial charge in [0.25, 0.3) is 0 Å². The number of rotatable bonds is 7. The lowest BCUT2D eigenvalue weighted by Crippen LogP contribution is -2.28. The average molecular weight is 728 g/mol. The van der Waals surface area contributed by atoms with Crippen molar-refractivity contribution < 1.29 is 4.42 Å². The van der Waals surface area contributed by atoms with E-state index < -0.39 is 5.41 Å². The minimum atomic E-state index is -0.498. The summed E-state index contributed by atoms with van der Waals surface area (Å²) in [5.41, 5.74) is 16.9. The third kappa shape index (κ3) is 5.26. The number of benzene rings is 9. The normalized spacial score (nSPS) is 12.7. The van der Waals surface area contributed by atoms with Gasteiger partial charge in [0.2, 0.25) is 0 Å². The first-order valence-corrected chi connectivity index (χ1v) is 19.6. The van der Waals surface area contributed by atoms with Gasteiger partial charge < -0.3 is 9.32 Å². The van der Waals surface area contributed by atoms with Crippen molar-refractivity contribution in [3.05, 3.63) is 247 Å². The molecule has 1 heterocycles. The minimum absolute atomic E-state index is 0.498. The molecule has 0 saturated carbocycles. The molecule has 0 saturated heterocycles. The molecule has 9 aromatic carbocycles. The molecule has 0 N–H and O–H groups in total. The van der Waals surface area contributed by atoms with E-state index in [2.05, 4.69) is 217 Å². The van der Waals surface area contributed by atoms with Crippen molar-refractivity contribution in [3.8, 4) is 33.4 Å². The Morgan fingerprint density at radius 2 is 0.912 bits per heavy atom. The fourth-order valence-electron chi connectivity index (χ4n) is 9.25. The predicted molar refractivity (Wildman–Crippen MR) is 237 cm³/mol. The summed E-state index contributed by atoms with van der Waals surface area (Å²) in [4.78, 5) is 2.45. The standard InChI is InChI=1S/C55H37NO/c1-4-16-38(17-5-1)40-18-14-23-45(36-40)56(44-33-30-39(31-34-44)41-32-35-53-48(37-41)46-24-11-13-29-52(46)57-53)51-28-15-27-50-54(51)47-25-10-12-26-49(47)55(50,42-19-6-2-7-20-42)43-21-8-3-9-22-43/h1-37H. The fourth-order valence-corrected chi connectivity index (χ4v) is 9.25. The Hall–Kier alpha value is -7.42. The molecule has 57 heavy (non-hydrogen) atoms. The highest BCUT2D eigenvalue weighted by Gasteiger charge is 2.47. The van der Waals surface area contributed by atoms with Crippen molar-refractivity contribution in [1.82, 2.24) is 0 Å². The summed E-state index contributed by atoms with van der Waals surface area (Å²) in [6.45, 7) is 0. The maximum absolute atomic E-state index is 6.16. The molecular formula is C55H37NO. The first-order chi connectivity index (χ1) is 28.3. The smallest absolute Gasteiger partial charge is 0.135 e. The van der Waals surface area contributed by atoms with E-state index in [1.54, 1.807) is 0 Å². The molecule has 1 aromatic heterocycles. The van der Waals surface area contributed by atoms with Crippen LogP contribution in [0.5, 0.6) is 0 Å². The maximum Gasteiger partial charge on any atom is 0.135 e. The second kappa shape index (κ2) is 13.4. The topological polar surface area (TPSA) is 16.4 Å². The Morgan fingerprint density at radius 3 is 1.68 bits per heavy atom. The van der Waals surface area contributed by atoms with Gasteiger partial charge in [-0.15, -0.1) is 0 Å². The summed E-state index contributed by atoms with van der Waals surface area (Å²) in [5, 5.41) is 2.26. The molecule has 0 spiro atoms. The Morgan fingerprint density at radius 1 is 0.351 bits per heavy atom. The van der Waals surface area contributed by atoms with Crippen LogP contribution >= 0.6 is 0 Å². The van der Waals surface area contributed by atoms with Crippen molar-refractivity contribution in [1.29, 1.82) is 0 Å². The lowest BCUT2D eigenvalue weighted by molar-refractivity contribution is 0.669. The molecule has 0 amide bonds. The number of hydrogen-bond acceptors (Lipinski definition) is 2. The van der Waals surface area contributed by atoms with Crippen LogP contribution in [0.3, 0.4) is 0 Å². The Balaban J connectivity index is 1.13. The summed E-state index contributed by atoms with van der Waals surface area (Å²) < 4.78 is 6.16. The minimum Gasteiger partial charge on any atom is -0.456 e. The first-order valence-electron chi connectivity index (χ1n) is 19.6. The van der Waals surface area contributed by atoms with Gasteiger partial charge in [0.05, 0.1) is 11.1 Å². The maximum atomic E-state index is 6.16. The monoisotopic (exact) mass is 727 g/mol. The highest BCUT2D eigenvalue weighted by molar-refractivity contribution is 6.06. The zero-order valence-electron chi connectivity index (χ0n) is 31.2. The molecular weight excluding hydrogens is 691 g/mol. The van der Waals surface area contributed by atoms with Crippen LogP contribution in [0.4, 0.5) is 17.1 Å². The van der Waals surface area contributed by atoms with E-state index in [4.69, 9.17) is 4.42 Å². The summed E-state index contributed by atoms with van der Waals surface area (Å²) in [6, 6.07) is 81.3. The van der Waals surface area contributed by atoms with Gasteiger partial charge in [0.15, 0.2) is 0 Å². The van der Waals surface area contributed by atoms with E-state index in [1.165, 1.54) is 44.5 Å². The first kappa shape index (κ1) is 33.0. The molecule has 2 nitrogen and oxygen atoms in total. The molecule has 268 valence electrons. The highest BCUT2D eigenvalue weighted by Crippen LogP contribution is 2.59. The van der Waals surface area contributed by atoms with E-state index in [0.29, 0.717) is 0 Å². The Bertz CT molecular complexity index is 3020. The molecule has 0 atom stereocenters. The molecule has 11 rings (SSSR count). The summed E-state index contributed by atoms with van der Waals surface area (Å²) in [5.74, 6) is 0. The number of anilines is 3. The third-order valence-corrected chi connectivity index (χ3v) is 11.7. The largest absolute Gasteiger partial charge is 0.456 e. The zero-order valence-corrected chi connectivity index (χ0v) is 31.2. The zero-order chi connectivity index (χ0) is 37.8. The number of nitrogens with zero attached hydrogens (tertiary/aromatic N) is 1. The fraction of sp³-hybridized carbons (Fsp3) is 0.0182. The van der Waals surface area contributed by atoms with Crippen LogP contribution in [0, 0.1) is 0 Å². The third-order valence-electron chi connectivity index (χ3n) is 11.7. The molecule has 10 aromatic rings. The number of furan rings is 1. The molecule has 1 aliphatic rings. The lowest BCUT2D eigenvalue weighted by atomic mass is 9.68. The molecule has 0 bridgehead atoms. The van der Waals surface area contributed by atoms with Crippen molar-refractivity contribution >= 4 is 39.0 Å². The van der Waals surface area contributed by atoms with Crippen molar-refractivity contribution in [3.63, 3.8) is 0 Å². The van der Waals surface area contributed by atoms with E-state index in [9.17, 15) is 0 Å². The van der Waals surface area contributed by atoms with Gasteiger partial charge >= 0.3 is 0 Å². The second-order valence-corrected chi connectivity index (χ2v) is 14.8. The predicted octanol–water partition coefficient (Wildman–Crippen LogP) is 14.8. The lowest BCUT2D eigenvalue weighted by Gasteiger charge is -2.34. The van der Waals surface area contributed by atoms with E-state index in [1.807, 2.05) is 12.1 Å². The van der Waals surface area contributed by atoms with Gasteiger partial charge in [-0.3, -0.25) is 0 Å². The molecule has 0 aliphatic heterocycles. The van der Waals surface area contributed by atoms with Gasteiger partial charge in [-0.25, -0.2) is 0 Å². The van der Waals surface area contributed by atoms with E-state index in [0.717, 1.165) is 50.1 Å². The van der Waals surface area contributed by atoms with Crippen molar-refractivity contribution in [2.75, 3.05) is 4.90 Å². The molecule has 2 heteroatoms. The molecule has 0 fully saturated rings. The van der Waals surface area contributed by atoms with Gasteiger partial charge in [-0.05, 0) is 98.6 Å². The average Bonchev–Trinajstić information content (AvgIpc) is 3.82. The van der Waals surface area contributed by atoms with Crippen LogP contribution in [0.2, 0.25) is 0 Å². The second-order valence-electron chi connectivity index (χ2n) is 14.8. The summed E-state index contributed by atoms with van der Waals surface area (Å²) >= 11 is 0. The van der Waals surface area contributed by atoms with Gasteiger partial charge in [-0.1, -0.05) is 176 Å². The van der Waals surface area contributed by atoms with E-state index in [-0.39, 0.29) is 0 Å². The SMILES string of the molecule is c1ccc(-c2cccc(N(c3ccc(-c4ccc5oc6ccccc6c5c4)cc3)c3cccc4c3-c3ccccc3C4(c3ccccc3)c3ccccc3)c2)cc1. The number of para-hydroxylation sites is 1. The van der Waals surface area contributed by atoms with Crippen LogP contribution in [0.15, 0.2) is 229 Å². The summed E-state index contributed by atoms with van der Waals surface area (Å²) in [6.07, 6.45) is 0. The number of hydrogen-bond donors (Lipinski definition) is 0. The van der Waals surface area contributed by atoms with Crippen LogP contribution in [0.1, 0.15) is 22.3 Å². The molecule has 1 aliphatic carbocycles. The van der Waals surface area contributed by atoms with Crippen LogP contribution in [-0.2, 0) is 5.41 Å². The van der Waals surface area contributed by atoms with Gasteiger partial charge in [-0.2, -0.15) is 0 Å².